The first-order valence-electron chi connectivity index (χ1n) is 4.08. The molecule has 0 aliphatic heterocycles. The van der Waals surface area contributed by atoms with E-state index in [4.69, 9.17) is 5.11 Å². The highest BCUT2D eigenvalue weighted by atomic mass is 127. The Morgan fingerprint density at radius 3 is 2.79 bits per heavy atom. The minimum absolute atomic E-state index is 0.333. The summed E-state index contributed by atoms with van der Waals surface area (Å²) in [5.41, 5.74) is 1.39. The molecule has 3 nitrogen and oxygen atoms in total. The molecule has 0 unspecified atom stereocenters. The van der Waals surface area contributed by atoms with Crippen LogP contribution in [0.25, 0.3) is 10.9 Å². The molecular formula is C10H8INO2. The molecule has 1 heterocycles. The van der Waals surface area contributed by atoms with Crippen molar-refractivity contribution in [3.63, 3.8) is 0 Å². The summed E-state index contributed by atoms with van der Waals surface area (Å²) in [6.07, 6.45) is 0. The third kappa shape index (κ3) is 1.39. The number of fused-ring (bicyclic) bond motifs is 1. The molecular weight excluding hydrogens is 293 g/mol. The van der Waals surface area contributed by atoms with Crippen molar-refractivity contribution >= 4 is 39.5 Å². The van der Waals surface area contributed by atoms with Crippen LogP contribution in [0.3, 0.4) is 0 Å². The first-order chi connectivity index (χ1) is 6.59. The van der Waals surface area contributed by atoms with Crippen LogP contribution < -0.4 is 0 Å². The van der Waals surface area contributed by atoms with Crippen LogP contribution in [0.15, 0.2) is 24.3 Å². The smallest absolute Gasteiger partial charge is 0.335 e. The summed E-state index contributed by atoms with van der Waals surface area (Å²) < 4.78 is 3.13. The summed E-state index contributed by atoms with van der Waals surface area (Å²) >= 11 is 2.22. The number of nitrogens with zero attached hydrogens (tertiary/aromatic N) is 1. The van der Waals surface area contributed by atoms with Crippen molar-refractivity contribution in [3.05, 3.63) is 33.5 Å². The largest absolute Gasteiger partial charge is 0.478 e. The summed E-state index contributed by atoms with van der Waals surface area (Å²) in [5, 5.41) is 9.78. The SMILES string of the molecule is Cn1c(I)cc2cc(C(=O)O)ccc21. The highest BCUT2D eigenvalue weighted by Gasteiger charge is 2.07. The molecule has 14 heavy (non-hydrogen) atoms. The number of halogens is 1. The highest BCUT2D eigenvalue weighted by Crippen LogP contribution is 2.21. The Bertz CT molecular complexity index is 516. The van der Waals surface area contributed by atoms with Crippen LogP contribution in [0.2, 0.25) is 0 Å². The predicted molar refractivity (Wildman–Crippen MR) is 62.6 cm³/mol. The Morgan fingerprint density at radius 2 is 2.14 bits per heavy atom. The molecule has 4 heteroatoms. The lowest BCUT2D eigenvalue weighted by molar-refractivity contribution is 0.0697. The van der Waals surface area contributed by atoms with Crippen molar-refractivity contribution in [2.24, 2.45) is 7.05 Å². The summed E-state index contributed by atoms with van der Waals surface area (Å²) in [7, 11) is 1.96. The fraction of sp³-hybridized carbons (Fsp3) is 0.100. The van der Waals surface area contributed by atoms with Crippen molar-refractivity contribution in [2.75, 3.05) is 0 Å². The van der Waals surface area contributed by atoms with Crippen molar-refractivity contribution in [2.45, 2.75) is 0 Å². The minimum Gasteiger partial charge on any atom is -0.478 e. The number of benzene rings is 1. The van der Waals surface area contributed by atoms with Gasteiger partial charge in [0.15, 0.2) is 0 Å². The first kappa shape index (κ1) is 9.51. The molecule has 0 saturated carbocycles. The van der Waals surface area contributed by atoms with Gasteiger partial charge in [-0.1, -0.05) is 0 Å². The molecule has 0 saturated heterocycles. The molecule has 1 aromatic carbocycles. The van der Waals surface area contributed by atoms with Gasteiger partial charge in [-0.2, -0.15) is 0 Å². The maximum atomic E-state index is 10.7. The summed E-state index contributed by atoms with van der Waals surface area (Å²) in [4.78, 5) is 10.7. The van der Waals surface area contributed by atoms with Gasteiger partial charge >= 0.3 is 5.97 Å². The molecule has 0 fully saturated rings. The minimum atomic E-state index is -0.884. The number of hydrogen-bond donors (Lipinski definition) is 1. The fourth-order valence-corrected chi connectivity index (χ4v) is 2.04. The summed E-state index contributed by atoms with van der Waals surface area (Å²) in [5.74, 6) is -0.884. The lowest BCUT2D eigenvalue weighted by Crippen LogP contribution is -1.95. The zero-order chi connectivity index (χ0) is 10.3. The second kappa shape index (κ2) is 3.27. The van der Waals surface area contributed by atoms with Crippen LogP contribution >= 0.6 is 22.6 Å². The quantitative estimate of drug-likeness (QED) is 0.822. The van der Waals surface area contributed by atoms with Crippen LogP contribution in [0.4, 0.5) is 0 Å². The standard InChI is InChI=1S/C10H8INO2/c1-12-8-3-2-6(10(13)14)4-7(8)5-9(12)11/h2-5H,1H3,(H,13,14). The van der Waals surface area contributed by atoms with Gasteiger partial charge in [0, 0.05) is 18.0 Å². The van der Waals surface area contributed by atoms with Gasteiger partial charge in [-0.15, -0.1) is 0 Å². The molecule has 0 spiro atoms. The van der Waals surface area contributed by atoms with Gasteiger partial charge in [0.1, 0.15) is 0 Å². The van der Waals surface area contributed by atoms with Gasteiger partial charge in [0.25, 0.3) is 0 Å². The van der Waals surface area contributed by atoms with Crippen molar-refractivity contribution in [3.8, 4) is 0 Å². The number of carboxylic acids is 1. The van der Waals surface area contributed by atoms with Gasteiger partial charge in [-0.3, -0.25) is 0 Å². The van der Waals surface area contributed by atoms with Crippen molar-refractivity contribution < 1.29 is 9.90 Å². The average molecular weight is 301 g/mol. The first-order valence-corrected chi connectivity index (χ1v) is 5.16. The van der Waals surface area contributed by atoms with E-state index in [1.54, 1.807) is 12.1 Å². The number of aromatic carboxylic acids is 1. The molecule has 72 valence electrons. The molecule has 2 aromatic rings. The van der Waals surface area contributed by atoms with Crippen LogP contribution in [-0.2, 0) is 7.05 Å². The fourth-order valence-electron chi connectivity index (χ4n) is 1.45. The number of carbonyl (C=O) groups is 1. The number of carboxylic acid groups (broad SMARTS) is 1. The van der Waals surface area contributed by atoms with Crippen molar-refractivity contribution in [1.29, 1.82) is 0 Å². The number of aryl methyl sites for hydroxylation is 1. The average Bonchev–Trinajstić information content (AvgIpc) is 2.42. The van der Waals surface area contributed by atoms with E-state index in [0.717, 1.165) is 14.6 Å². The second-order valence-electron chi connectivity index (χ2n) is 3.10. The molecule has 0 atom stereocenters. The van der Waals surface area contributed by atoms with E-state index < -0.39 is 5.97 Å². The van der Waals surface area contributed by atoms with Gasteiger partial charge in [0.05, 0.1) is 9.26 Å². The van der Waals surface area contributed by atoms with E-state index in [1.165, 1.54) is 0 Å². The Morgan fingerprint density at radius 1 is 1.43 bits per heavy atom. The van der Waals surface area contributed by atoms with Crippen molar-refractivity contribution in [1.82, 2.24) is 4.57 Å². The topological polar surface area (TPSA) is 42.2 Å². The van der Waals surface area contributed by atoms with Crippen LogP contribution in [0.1, 0.15) is 10.4 Å². The van der Waals surface area contributed by atoms with Crippen LogP contribution in [-0.4, -0.2) is 15.6 Å². The molecule has 0 radical (unpaired) electrons. The zero-order valence-electron chi connectivity index (χ0n) is 7.49. The summed E-state index contributed by atoms with van der Waals surface area (Å²) in [6, 6.07) is 7.13. The van der Waals surface area contributed by atoms with Gasteiger partial charge < -0.3 is 9.67 Å². The molecule has 2 rings (SSSR count). The molecule has 0 aliphatic carbocycles. The molecule has 0 amide bonds. The van der Waals surface area contributed by atoms with E-state index in [-0.39, 0.29) is 0 Å². The van der Waals surface area contributed by atoms with E-state index in [1.807, 2.05) is 23.7 Å². The summed E-state index contributed by atoms with van der Waals surface area (Å²) in [6.45, 7) is 0. The van der Waals surface area contributed by atoms with E-state index >= 15 is 0 Å². The molecule has 0 aliphatic rings. The van der Waals surface area contributed by atoms with E-state index in [0.29, 0.717) is 5.56 Å². The third-order valence-electron chi connectivity index (χ3n) is 2.23. The van der Waals surface area contributed by atoms with Gasteiger partial charge in [0.2, 0.25) is 0 Å². The van der Waals surface area contributed by atoms with E-state index in [2.05, 4.69) is 22.6 Å². The Kier molecular flexibility index (Phi) is 2.22. The number of rotatable bonds is 1. The zero-order valence-corrected chi connectivity index (χ0v) is 9.65. The lowest BCUT2D eigenvalue weighted by Gasteiger charge is -1.98. The van der Waals surface area contributed by atoms with Gasteiger partial charge in [-0.05, 0) is 46.9 Å². The molecule has 1 aromatic heterocycles. The second-order valence-corrected chi connectivity index (χ2v) is 4.21. The van der Waals surface area contributed by atoms with Gasteiger partial charge in [-0.25, -0.2) is 4.79 Å². The number of hydrogen-bond acceptors (Lipinski definition) is 1. The lowest BCUT2D eigenvalue weighted by atomic mass is 10.1. The monoisotopic (exact) mass is 301 g/mol. The Hall–Kier alpha value is -1.04. The third-order valence-corrected chi connectivity index (χ3v) is 3.27. The van der Waals surface area contributed by atoms with Crippen LogP contribution in [0, 0.1) is 3.70 Å². The Balaban J connectivity index is 2.73. The molecule has 1 N–H and O–H groups in total. The maximum absolute atomic E-state index is 10.7. The Labute approximate surface area is 94.5 Å². The molecule has 0 bridgehead atoms. The van der Waals surface area contributed by atoms with E-state index in [9.17, 15) is 4.79 Å². The number of aromatic nitrogens is 1. The maximum Gasteiger partial charge on any atom is 0.335 e. The van der Waals surface area contributed by atoms with Crippen LogP contribution in [0.5, 0.6) is 0 Å². The highest BCUT2D eigenvalue weighted by molar-refractivity contribution is 14.1. The predicted octanol–water partition coefficient (Wildman–Crippen LogP) is 2.48. The normalized spacial score (nSPS) is 10.7.